The first-order chi connectivity index (χ1) is 12.6. The number of aryl methyl sites for hydroxylation is 1. The van der Waals surface area contributed by atoms with Crippen LogP contribution in [0, 0.1) is 0 Å². The van der Waals surface area contributed by atoms with Gasteiger partial charge in [0.1, 0.15) is 6.10 Å². The molecule has 3 rings (SSSR count). The highest BCUT2D eigenvalue weighted by molar-refractivity contribution is 5.85. The van der Waals surface area contributed by atoms with Gasteiger partial charge in [-0.2, -0.15) is 5.06 Å². The highest BCUT2D eigenvalue weighted by Gasteiger charge is 2.46. The summed E-state index contributed by atoms with van der Waals surface area (Å²) in [5.41, 5.74) is 2.48. The Morgan fingerprint density at radius 1 is 1.22 bits per heavy atom. The van der Waals surface area contributed by atoms with Gasteiger partial charge in [0, 0.05) is 35.6 Å². The van der Waals surface area contributed by atoms with E-state index in [0.29, 0.717) is 18.9 Å². The van der Waals surface area contributed by atoms with Crippen molar-refractivity contribution >= 4 is 11.8 Å². The summed E-state index contributed by atoms with van der Waals surface area (Å²) >= 11 is 0. The molecule has 1 heterocycles. The number of hydrogen-bond donors (Lipinski definition) is 3. The van der Waals surface area contributed by atoms with Crippen LogP contribution in [0.3, 0.4) is 0 Å². The van der Waals surface area contributed by atoms with Crippen molar-refractivity contribution in [2.45, 2.75) is 83.0 Å². The van der Waals surface area contributed by atoms with E-state index in [1.165, 1.54) is 22.6 Å². The molecule has 0 bridgehead atoms. The summed E-state index contributed by atoms with van der Waals surface area (Å²) in [6.07, 6.45) is 3.89. The van der Waals surface area contributed by atoms with Crippen LogP contribution in [0.4, 0.5) is 10.5 Å². The van der Waals surface area contributed by atoms with Crippen LogP contribution >= 0.6 is 0 Å². The van der Waals surface area contributed by atoms with Crippen LogP contribution in [-0.4, -0.2) is 40.6 Å². The number of anilines is 1. The van der Waals surface area contributed by atoms with Crippen LogP contribution in [0.25, 0.3) is 0 Å². The van der Waals surface area contributed by atoms with E-state index in [2.05, 4.69) is 22.8 Å². The fourth-order valence-electron chi connectivity index (χ4n) is 4.74. The van der Waals surface area contributed by atoms with Gasteiger partial charge in [-0.3, -0.25) is 5.32 Å². The zero-order chi connectivity index (χ0) is 19.8. The highest BCUT2D eigenvalue weighted by Crippen LogP contribution is 2.38. The lowest BCUT2D eigenvalue weighted by molar-refractivity contribution is -0.256. The highest BCUT2D eigenvalue weighted by atomic mass is 16.6. The molecule has 150 valence electrons. The largest absolute Gasteiger partial charge is 0.446 e. The second-order valence-electron chi connectivity index (χ2n) is 9.14. The molecule has 1 saturated heterocycles. The number of amides is 1. The van der Waals surface area contributed by atoms with E-state index in [9.17, 15) is 10.0 Å². The fraction of sp³-hybridized carbons (Fsp3) is 0.667. The maximum atomic E-state index is 12.5. The molecule has 27 heavy (non-hydrogen) atoms. The topological polar surface area (TPSA) is 73.8 Å². The van der Waals surface area contributed by atoms with Crippen LogP contribution in [0.5, 0.6) is 0 Å². The average Bonchev–Trinajstić information content (AvgIpc) is 2.58. The third-order valence-corrected chi connectivity index (χ3v) is 5.93. The van der Waals surface area contributed by atoms with Gasteiger partial charge in [-0.1, -0.05) is 6.07 Å². The average molecular weight is 376 g/mol. The van der Waals surface area contributed by atoms with E-state index in [-0.39, 0.29) is 6.10 Å². The second kappa shape index (κ2) is 7.41. The van der Waals surface area contributed by atoms with Gasteiger partial charge in [0.05, 0.1) is 0 Å². The number of benzene rings is 1. The molecule has 0 aromatic heterocycles. The molecule has 6 nitrogen and oxygen atoms in total. The third kappa shape index (κ3) is 4.28. The smallest absolute Gasteiger partial charge is 0.411 e. The number of carbonyl (C=O) groups excluding carboxylic acids is 1. The molecule has 1 aliphatic carbocycles. The van der Waals surface area contributed by atoms with Crippen molar-refractivity contribution in [2.24, 2.45) is 0 Å². The number of ether oxygens (including phenoxy) is 1. The molecule has 1 aromatic carbocycles. The fourth-order valence-corrected chi connectivity index (χ4v) is 4.74. The summed E-state index contributed by atoms with van der Waals surface area (Å²) in [6.45, 7) is 7.85. The van der Waals surface area contributed by atoms with Crippen LogP contribution in [-0.2, 0) is 11.2 Å². The summed E-state index contributed by atoms with van der Waals surface area (Å²) in [4.78, 5) is 12.5. The zero-order valence-corrected chi connectivity index (χ0v) is 17.1. The van der Waals surface area contributed by atoms with Crippen molar-refractivity contribution in [3.05, 3.63) is 29.3 Å². The first kappa shape index (κ1) is 20.1. The first-order valence-electron chi connectivity index (χ1n) is 9.89. The molecule has 1 amide bonds. The van der Waals surface area contributed by atoms with Crippen LogP contribution in [0.2, 0.25) is 0 Å². The second-order valence-corrected chi connectivity index (χ2v) is 9.14. The van der Waals surface area contributed by atoms with Crippen molar-refractivity contribution in [3.8, 4) is 0 Å². The molecule has 0 spiro atoms. The van der Waals surface area contributed by atoms with Gasteiger partial charge in [0.15, 0.2) is 0 Å². The minimum atomic E-state index is -0.446. The van der Waals surface area contributed by atoms with Crippen molar-refractivity contribution in [1.82, 2.24) is 10.4 Å². The SMILES string of the molecule is CNC1CCCc2ccc(NC(=O)OC3CC(C)(C)N(O)C(C)(C)C3)cc21. The van der Waals surface area contributed by atoms with Gasteiger partial charge in [0.2, 0.25) is 0 Å². The van der Waals surface area contributed by atoms with Crippen LogP contribution in [0.1, 0.15) is 70.5 Å². The summed E-state index contributed by atoms with van der Waals surface area (Å²) in [5, 5.41) is 18.0. The molecule has 1 aliphatic heterocycles. The molecule has 1 unspecified atom stereocenters. The minimum absolute atomic E-state index is 0.235. The molecule has 1 atom stereocenters. The van der Waals surface area contributed by atoms with Crippen LogP contribution < -0.4 is 10.6 Å². The number of fused-ring (bicyclic) bond motifs is 1. The predicted octanol–water partition coefficient (Wildman–Crippen LogP) is 4.24. The van der Waals surface area contributed by atoms with Gasteiger partial charge in [-0.25, -0.2) is 4.79 Å². The predicted molar refractivity (Wildman–Crippen MR) is 106 cm³/mol. The van der Waals surface area contributed by atoms with Crippen molar-refractivity contribution < 1.29 is 14.7 Å². The molecular weight excluding hydrogens is 342 g/mol. The van der Waals surface area contributed by atoms with E-state index in [0.717, 1.165) is 18.5 Å². The normalized spacial score (nSPS) is 24.9. The number of nitrogens with zero attached hydrogens (tertiary/aromatic N) is 1. The molecule has 0 radical (unpaired) electrons. The van der Waals surface area contributed by atoms with Gasteiger partial charge in [0.25, 0.3) is 0 Å². The number of piperidine rings is 1. The monoisotopic (exact) mass is 375 g/mol. The number of rotatable bonds is 3. The molecule has 1 aromatic rings. The Kier molecular flexibility index (Phi) is 5.52. The molecular formula is C21H33N3O3. The molecule has 0 saturated carbocycles. The third-order valence-electron chi connectivity index (χ3n) is 5.93. The quantitative estimate of drug-likeness (QED) is 0.737. The minimum Gasteiger partial charge on any atom is -0.446 e. The number of nitrogens with one attached hydrogen (secondary N) is 2. The summed E-state index contributed by atoms with van der Waals surface area (Å²) < 4.78 is 5.71. The lowest BCUT2D eigenvalue weighted by Gasteiger charge is -2.50. The Bertz CT molecular complexity index is 684. The lowest BCUT2D eigenvalue weighted by Crippen LogP contribution is -2.60. The molecule has 3 N–H and O–H groups in total. The summed E-state index contributed by atoms with van der Waals surface area (Å²) in [6, 6.07) is 6.44. The Morgan fingerprint density at radius 2 is 1.89 bits per heavy atom. The lowest BCUT2D eigenvalue weighted by atomic mass is 9.80. The Balaban J connectivity index is 1.66. The standard InChI is InChI=1S/C21H33N3O3/c1-20(2)12-16(13-21(3,4)24(20)26)27-19(25)23-15-10-9-14-7-6-8-18(22-5)17(14)11-15/h9-11,16,18,22,26H,6-8,12-13H2,1-5H3,(H,23,25). The van der Waals surface area contributed by atoms with Gasteiger partial charge >= 0.3 is 6.09 Å². The van der Waals surface area contributed by atoms with Crippen molar-refractivity contribution in [1.29, 1.82) is 0 Å². The summed E-state index contributed by atoms with van der Waals surface area (Å²) in [5.74, 6) is 0. The van der Waals surface area contributed by atoms with Gasteiger partial charge < -0.3 is 15.3 Å². The van der Waals surface area contributed by atoms with Crippen LogP contribution in [0.15, 0.2) is 18.2 Å². The number of hydroxylamine groups is 2. The van der Waals surface area contributed by atoms with E-state index in [1.807, 2.05) is 40.8 Å². The molecule has 2 aliphatic rings. The van der Waals surface area contributed by atoms with Gasteiger partial charge in [-0.05, 0) is 77.3 Å². The molecule has 6 heteroatoms. The maximum Gasteiger partial charge on any atom is 0.411 e. The Hall–Kier alpha value is -1.63. The zero-order valence-electron chi connectivity index (χ0n) is 17.1. The van der Waals surface area contributed by atoms with E-state index in [4.69, 9.17) is 4.74 Å². The number of hydrogen-bond acceptors (Lipinski definition) is 5. The summed E-state index contributed by atoms with van der Waals surface area (Å²) in [7, 11) is 1.98. The van der Waals surface area contributed by atoms with Gasteiger partial charge in [-0.15, -0.1) is 0 Å². The Labute approximate surface area is 162 Å². The molecule has 1 fully saturated rings. The number of carbonyl (C=O) groups is 1. The van der Waals surface area contributed by atoms with E-state index >= 15 is 0 Å². The van der Waals surface area contributed by atoms with Crippen molar-refractivity contribution in [3.63, 3.8) is 0 Å². The Morgan fingerprint density at radius 3 is 2.52 bits per heavy atom. The first-order valence-corrected chi connectivity index (χ1v) is 9.89. The van der Waals surface area contributed by atoms with E-state index in [1.54, 1.807) is 0 Å². The van der Waals surface area contributed by atoms with E-state index < -0.39 is 17.2 Å². The maximum absolute atomic E-state index is 12.5. The van der Waals surface area contributed by atoms with Crippen molar-refractivity contribution in [2.75, 3.05) is 12.4 Å².